The molecule has 1 rings (SSSR count). The van der Waals surface area contributed by atoms with Crippen LogP contribution in [0.4, 0.5) is 0 Å². The summed E-state index contributed by atoms with van der Waals surface area (Å²) in [5.74, 6) is -0.533. The monoisotopic (exact) mass is 199 g/mol. The van der Waals surface area contributed by atoms with Gasteiger partial charge in [-0.2, -0.15) is 4.80 Å². The van der Waals surface area contributed by atoms with Crippen molar-refractivity contribution in [1.29, 1.82) is 0 Å². The van der Waals surface area contributed by atoms with Crippen molar-refractivity contribution in [3.8, 4) is 0 Å². The maximum atomic E-state index is 10.6. The lowest BCUT2D eigenvalue weighted by atomic mass is 10.6. The molecule has 0 aromatic carbocycles. The number of hydrazone groups is 1. The third-order valence-corrected chi connectivity index (χ3v) is 1.18. The molecule has 76 valence electrons. The summed E-state index contributed by atoms with van der Waals surface area (Å²) < 4.78 is 0. The summed E-state index contributed by atoms with van der Waals surface area (Å²) in [5, 5.41) is 26.2. The molecule has 0 aliphatic carbocycles. The number of rotatable bonds is 2. The Morgan fingerprint density at radius 3 is 2.64 bits per heavy atom. The predicted molar refractivity (Wildman–Crippen MR) is 46.0 cm³/mol. The lowest BCUT2D eigenvalue weighted by Crippen LogP contribution is -2.20. The van der Waals surface area contributed by atoms with Gasteiger partial charge in [-0.1, -0.05) is 5.10 Å². The minimum atomic E-state index is -0.656. The minimum Gasteiger partial charge on any atom is -0.358 e. The van der Waals surface area contributed by atoms with Crippen LogP contribution in [0.15, 0.2) is 5.10 Å². The van der Waals surface area contributed by atoms with E-state index in [1.807, 2.05) is 0 Å². The van der Waals surface area contributed by atoms with E-state index < -0.39 is 10.8 Å². The van der Waals surface area contributed by atoms with Gasteiger partial charge < -0.3 is 10.1 Å². The lowest BCUT2D eigenvalue weighted by molar-refractivity contribution is -0.350. The molecule has 0 saturated heterocycles. The molecule has 0 unspecified atom stereocenters. The van der Waals surface area contributed by atoms with E-state index in [-0.39, 0.29) is 5.82 Å². The van der Waals surface area contributed by atoms with Crippen molar-refractivity contribution in [2.24, 2.45) is 12.1 Å². The van der Waals surface area contributed by atoms with E-state index in [2.05, 4.69) is 20.5 Å². The third-order valence-electron chi connectivity index (χ3n) is 1.18. The average molecular weight is 199 g/mol. The van der Waals surface area contributed by atoms with Crippen LogP contribution in [0.5, 0.6) is 0 Å². The van der Waals surface area contributed by atoms with Crippen LogP contribution in [0.3, 0.4) is 0 Å². The van der Waals surface area contributed by atoms with Crippen molar-refractivity contribution >= 4 is 5.84 Å². The third kappa shape index (κ3) is 2.21. The van der Waals surface area contributed by atoms with E-state index >= 15 is 0 Å². The van der Waals surface area contributed by atoms with E-state index in [1.165, 1.54) is 12.1 Å². The molecule has 0 aliphatic rings. The normalized spacial score (nSPS) is 11.5. The lowest BCUT2D eigenvalue weighted by Gasteiger charge is -1.96. The Morgan fingerprint density at radius 2 is 2.29 bits per heavy atom. The molecule has 0 atom stereocenters. The second-order valence-corrected chi connectivity index (χ2v) is 2.63. The van der Waals surface area contributed by atoms with Crippen molar-refractivity contribution in [2.75, 3.05) is 14.1 Å². The first-order valence-corrected chi connectivity index (χ1v) is 3.65. The first kappa shape index (κ1) is 10.0. The van der Waals surface area contributed by atoms with E-state index in [0.29, 0.717) is 0 Å². The van der Waals surface area contributed by atoms with Crippen molar-refractivity contribution in [2.45, 2.75) is 0 Å². The van der Waals surface area contributed by atoms with Gasteiger partial charge >= 0.3 is 5.84 Å². The molecule has 9 nitrogen and oxygen atoms in total. The van der Waals surface area contributed by atoms with Gasteiger partial charge in [0.25, 0.3) is 5.82 Å². The maximum Gasteiger partial charge on any atom is 0.436 e. The molecule has 1 heterocycles. The molecule has 1 aromatic heterocycles. The highest BCUT2D eigenvalue weighted by atomic mass is 16.6. The summed E-state index contributed by atoms with van der Waals surface area (Å²) in [7, 11) is 4.66. The Balaban J connectivity index is 3.07. The first-order valence-electron chi connectivity index (χ1n) is 3.65. The number of amidine groups is 1. The van der Waals surface area contributed by atoms with Gasteiger partial charge in [0.15, 0.2) is 0 Å². The Bertz CT molecular complexity index is 368. The van der Waals surface area contributed by atoms with Gasteiger partial charge in [-0.05, 0) is 10.1 Å². The summed E-state index contributed by atoms with van der Waals surface area (Å²) in [6, 6.07) is 0. The molecule has 1 aromatic rings. The minimum absolute atomic E-state index is 0.105. The van der Waals surface area contributed by atoms with Gasteiger partial charge in [0.2, 0.25) is 0 Å². The Kier molecular flexibility index (Phi) is 2.70. The number of tetrazole rings is 1. The van der Waals surface area contributed by atoms with E-state index in [1.54, 1.807) is 14.1 Å². The molecule has 9 heteroatoms. The summed E-state index contributed by atoms with van der Waals surface area (Å²) in [6.07, 6.45) is 0. The number of nitro groups is 1. The molecular weight excluding hydrogens is 190 g/mol. The van der Waals surface area contributed by atoms with Crippen molar-refractivity contribution in [3.05, 3.63) is 15.9 Å². The molecule has 0 N–H and O–H groups in total. The van der Waals surface area contributed by atoms with Crippen LogP contribution < -0.4 is 0 Å². The van der Waals surface area contributed by atoms with Gasteiger partial charge in [-0.3, -0.25) is 0 Å². The van der Waals surface area contributed by atoms with Crippen LogP contribution in [-0.2, 0) is 7.05 Å². The Morgan fingerprint density at radius 1 is 1.64 bits per heavy atom. The van der Waals surface area contributed by atoms with Crippen molar-refractivity contribution < 1.29 is 4.92 Å². The summed E-state index contributed by atoms with van der Waals surface area (Å²) in [4.78, 5) is 11.0. The van der Waals surface area contributed by atoms with Crippen LogP contribution in [0.25, 0.3) is 0 Å². The second-order valence-electron chi connectivity index (χ2n) is 2.63. The number of hydrogen-bond acceptors (Lipinski definition) is 7. The van der Waals surface area contributed by atoms with Crippen molar-refractivity contribution in [1.82, 2.24) is 25.2 Å². The zero-order chi connectivity index (χ0) is 10.7. The van der Waals surface area contributed by atoms with Gasteiger partial charge in [-0.15, -0.1) is 5.10 Å². The second kappa shape index (κ2) is 3.77. The summed E-state index contributed by atoms with van der Waals surface area (Å²) in [5.41, 5.74) is 0. The van der Waals surface area contributed by atoms with E-state index in [4.69, 9.17) is 0 Å². The highest BCUT2D eigenvalue weighted by Crippen LogP contribution is 1.93. The van der Waals surface area contributed by atoms with Crippen LogP contribution >= 0.6 is 0 Å². The van der Waals surface area contributed by atoms with E-state index in [9.17, 15) is 10.1 Å². The fourth-order valence-corrected chi connectivity index (χ4v) is 0.726. The highest BCUT2D eigenvalue weighted by molar-refractivity contribution is 5.87. The Labute approximate surface area is 79.2 Å². The molecule has 0 aliphatic heterocycles. The largest absolute Gasteiger partial charge is 0.436 e. The molecule has 0 saturated carbocycles. The average Bonchev–Trinajstić information content (AvgIpc) is 2.46. The van der Waals surface area contributed by atoms with Gasteiger partial charge in [0.05, 0.1) is 12.1 Å². The molecule has 0 radical (unpaired) electrons. The standard InChI is InChI=1S/C5H9N7O2/c1-10(2)8-5(12(13)14)4-6-9-11(3)7-4/h1-3H3. The molecule has 0 bridgehead atoms. The smallest absolute Gasteiger partial charge is 0.358 e. The molecule has 14 heavy (non-hydrogen) atoms. The zero-order valence-electron chi connectivity index (χ0n) is 7.95. The molecular formula is C5H9N7O2. The predicted octanol–water partition coefficient (Wildman–Crippen LogP) is -1.29. The van der Waals surface area contributed by atoms with Gasteiger partial charge in [-0.25, -0.2) is 5.01 Å². The fourth-order valence-electron chi connectivity index (χ4n) is 0.726. The number of hydrogen-bond donors (Lipinski definition) is 0. The number of aromatic nitrogens is 4. The van der Waals surface area contributed by atoms with Crippen LogP contribution in [0.1, 0.15) is 5.82 Å². The quantitative estimate of drug-likeness (QED) is 0.254. The van der Waals surface area contributed by atoms with Crippen LogP contribution in [0.2, 0.25) is 0 Å². The topological polar surface area (TPSA) is 102 Å². The summed E-state index contributed by atoms with van der Waals surface area (Å²) >= 11 is 0. The summed E-state index contributed by atoms with van der Waals surface area (Å²) in [6.45, 7) is 0. The molecule has 0 fully saturated rings. The van der Waals surface area contributed by atoms with E-state index in [0.717, 1.165) is 4.80 Å². The van der Waals surface area contributed by atoms with Gasteiger partial charge in [0.1, 0.15) is 0 Å². The van der Waals surface area contributed by atoms with Crippen LogP contribution in [0, 0.1) is 10.1 Å². The zero-order valence-corrected chi connectivity index (χ0v) is 7.95. The van der Waals surface area contributed by atoms with Crippen molar-refractivity contribution in [3.63, 3.8) is 0 Å². The first-order chi connectivity index (χ1) is 6.50. The fraction of sp³-hybridized carbons (Fsp3) is 0.600. The van der Waals surface area contributed by atoms with Gasteiger partial charge in [0, 0.05) is 14.1 Å². The SMILES string of the molecule is CN(C)N=C(c1nnn(C)n1)[N+](=O)[O-]. The highest BCUT2D eigenvalue weighted by Gasteiger charge is 2.23. The number of nitrogens with zero attached hydrogens (tertiary/aromatic N) is 7. The Hall–Kier alpha value is -2.06. The maximum absolute atomic E-state index is 10.6. The van der Waals surface area contributed by atoms with Crippen LogP contribution in [-0.4, -0.2) is 50.1 Å². The molecule has 0 amide bonds. The molecule has 0 spiro atoms. The number of aryl methyl sites for hydroxylation is 1.